The van der Waals surface area contributed by atoms with Crippen molar-refractivity contribution in [2.45, 2.75) is 29.3 Å². The van der Waals surface area contributed by atoms with Gasteiger partial charge in [-0.15, -0.1) is 0 Å². The van der Waals surface area contributed by atoms with Crippen LogP contribution in [0.25, 0.3) is 0 Å². The van der Waals surface area contributed by atoms with Crippen molar-refractivity contribution in [3.63, 3.8) is 0 Å². The number of benzene rings is 7. The molecule has 0 aliphatic carbocycles. The van der Waals surface area contributed by atoms with E-state index in [1.807, 2.05) is 91.0 Å². The molecule has 0 fully saturated rings. The minimum absolute atomic E-state index is 0.166. The zero-order valence-corrected chi connectivity index (χ0v) is 32.6. The summed E-state index contributed by atoms with van der Waals surface area (Å²) in [5, 5.41) is 2.88. The molecule has 3 N–H and O–H groups in total. The highest BCUT2D eigenvalue weighted by Crippen LogP contribution is 2.29. The third kappa shape index (κ3) is 10.8. The number of hydrogen-bond donors (Lipinski definition) is 2. The maximum atomic E-state index is 13.6. The van der Waals surface area contributed by atoms with E-state index in [0.717, 1.165) is 16.7 Å². The number of sulfonamides is 2. The molecule has 0 aliphatic rings. The number of carbonyl (C=O) groups is 1. The van der Waals surface area contributed by atoms with Gasteiger partial charge in [-0.3, -0.25) is 13.4 Å². The molecule has 11 heteroatoms. The van der Waals surface area contributed by atoms with Gasteiger partial charge in [-0.25, -0.2) is 16.8 Å². The van der Waals surface area contributed by atoms with E-state index in [9.17, 15) is 21.6 Å². The predicted molar refractivity (Wildman–Crippen MR) is 229 cm³/mol. The van der Waals surface area contributed by atoms with Crippen molar-refractivity contribution in [3.05, 3.63) is 217 Å². The first-order chi connectivity index (χ1) is 27.6. The second-order valence-corrected chi connectivity index (χ2v) is 16.7. The van der Waals surface area contributed by atoms with Gasteiger partial charge in [0.1, 0.15) is 0 Å². The lowest BCUT2D eigenvalue weighted by atomic mass is 10.1. The summed E-state index contributed by atoms with van der Waals surface area (Å²) in [7, 11) is -7.52. The lowest BCUT2D eigenvalue weighted by Gasteiger charge is -2.25. The lowest BCUT2D eigenvalue weighted by molar-refractivity contribution is -0.115. The molecule has 0 saturated heterocycles. The van der Waals surface area contributed by atoms with Crippen LogP contribution in [0.2, 0.25) is 0 Å². The molecule has 288 valence electrons. The fraction of sp³-hybridized carbons (Fsp3) is 0.0652. The molecule has 7 aromatic carbocycles. The van der Waals surface area contributed by atoms with E-state index in [0.29, 0.717) is 22.7 Å². The Kier molecular flexibility index (Phi) is 13.2. The molecule has 9 nitrogen and oxygen atoms in total. The maximum absolute atomic E-state index is 13.6. The van der Waals surface area contributed by atoms with Crippen LogP contribution in [0.5, 0.6) is 0 Å². The molecule has 0 radical (unpaired) electrons. The summed E-state index contributed by atoms with van der Waals surface area (Å²) < 4.78 is 56.1. The van der Waals surface area contributed by atoms with E-state index >= 15 is 0 Å². The second kappa shape index (κ2) is 18.8. The van der Waals surface area contributed by atoms with E-state index in [1.165, 1.54) is 8.61 Å². The molecule has 0 aliphatic heterocycles. The van der Waals surface area contributed by atoms with Gasteiger partial charge in [0.05, 0.1) is 40.7 Å². The smallest absolute Gasteiger partial charge is 0.264 e. The van der Waals surface area contributed by atoms with Crippen LogP contribution in [0, 0.1) is 0 Å². The topological polar surface area (TPSA) is 130 Å². The summed E-state index contributed by atoms with van der Waals surface area (Å²) in [4.78, 5) is 13.0. The fourth-order valence-electron chi connectivity index (χ4n) is 5.97. The summed E-state index contributed by atoms with van der Waals surface area (Å²) in [6.07, 6.45) is 0.237. The largest absolute Gasteiger partial charge is 0.399 e. The minimum Gasteiger partial charge on any atom is -0.399 e. The van der Waals surface area contributed by atoms with Crippen molar-refractivity contribution < 1.29 is 21.6 Å². The van der Waals surface area contributed by atoms with Crippen LogP contribution in [0.4, 0.5) is 22.7 Å². The molecule has 0 bridgehead atoms. The highest BCUT2D eigenvalue weighted by molar-refractivity contribution is 7.93. The van der Waals surface area contributed by atoms with Crippen LogP contribution in [0.15, 0.2) is 210 Å². The second-order valence-electron chi connectivity index (χ2n) is 13.0. The summed E-state index contributed by atoms with van der Waals surface area (Å²) >= 11 is 0. The van der Waals surface area contributed by atoms with Crippen molar-refractivity contribution in [3.8, 4) is 0 Å². The molecule has 0 spiro atoms. The molecular weight excluding hydrogens is 753 g/mol. The van der Waals surface area contributed by atoms with E-state index < -0.39 is 20.0 Å². The van der Waals surface area contributed by atoms with Gasteiger partial charge >= 0.3 is 0 Å². The Labute approximate surface area is 334 Å². The fourth-order valence-corrected chi connectivity index (χ4v) is 8.90. The summed E-state index contributed by atoms with van der Waals surface area (Å²) in [5.74, 6) is -0.168. The average Bonchev–Trinajstić information content (AvgIpc) is 3.24. The summed E-state index contributed by atoms with van der Waals surface area (Å²) in [6.45, 7) is 0.404. The van der Waals surface area contributed by atoms with Crippen LogP contribution in [0.3, 0.4) is 0 Å². The van der Waals surface area contributed by atoms with Gasteiger partial charge in [0.2, 0.25) is 5.91 Å². The number of nitrogens with one attached hydrogen (secondary N) is 1. The van der Waals surface area contributed by atoms with E-state index in [4.69, 9.17) is 5.73 Å². The Morgan fingerprint density at radius 3 is 1.28 bits per heavy atom. The van der Waals surface area contributed by atoms with Gasteiger partial charge in [-0.2, -0.15) is 0 Å². The third-order valence-electron chi connectivity index (χ3n) is 8.78. The lowest BCUT2D eigenvalue weighted by Crippen LogP contribution is -2.30. The van der Waals surface area contributed by atoms with Crippen LogP contribution < -0.4 is 19.7 Å². The van der Waals surface area contributed by atoms with Gasteiger partial charge in [0, 0.05) is 11.4 Å². The monoisotopic (exact) mass is 794 g/mol. The quantitative estimate of drug-likeness (QED) is 0.112. The van der Waals surface area contributed by atoms with Gasteiger partial charge < -0.3 is 11.1 Å². The van der Waals surface area contributed by atoms with Crippen LogP contribution >= 0.6 is 0 Å². The van der Waals surface area contributed by atoms with E-state index in [-0.39, 0.29) is 35.2 Å². The highest BCUT2D eigenvalue weighted by Gasteiger charge is 2.26. The maximum Gasteiger partial charge on any atom is 0.264 e. The molecule has 7 rings (SSSR count). The van der Waals surface area contributed by atoms with E-state index in [1.54, 1.807) is 109 Å². The Hall–Kier alpha value is -6.69. The summed E-state index contributed by atoms with van der Waals surface area (Å²) in [5.41, 5.74) is 10.6. The Bertz CT molecular complexity index is 2580. The van der Waals surface area contributed by atoms with Crippen LogP contribution in [-0.2, 0) is 44.4 Å². The van der Waals surface area contributed by atoms with Crippen molar-refractivity contribution in [1.29, 1.82) is 0 Å². The molecule has 7 aromatic rings. The Morgan fingerprint density at radius 2 is 0.842 bits per heavy atom. The average molecular weight is 795 g/mol. The van der Waals surface area contributed by atoms with Crippen LogP contribution in [0.1, 0.15) is 16.7 Å². The normalized spacial score (nSPS) is 11.1. The Balaban J connectivity index is 0.000000203. The van der Waals surface area contributed by atoms with Crippen molar-refractivity contribution in [1.82, 2.24) is 0 Å². The number of anilines is 4. The molecule has 1 amide bonds. The number of nitrogens with two attached hydrogens (primary N) is 1. The van der Waals surface area contributed by atoms with Crippen molar-refractivity contribution in [2.75, 3.05) is 19.7 Å². The number of carbonyl (C=O) groups excluding carboxylic acids is 1. The van der Waals surface area contributed by atoms with Gasteiger partial charge in [0.15, 0.2) is 0 Å². The van der Waals surface area contributed by atoms with Gasteiger partial charge in [0.25, 0.3) is 20.0 Å². The van der Waals surface area contributed by atoms with E-state index in [2.05, 4.69) is 5.32 Å². The third-order valence-corrected chi connectivity index (χ3v) is 12.4. The number of nitrogen functional groups attached to an aromatic ring is 1. The SMILES string of the molecule is Nc1cccc(N(Cc2ccccc2)S(=O)(=O)c2ccccc2)c1.O=C(Cc1ccccc1)Nc1cccc(N(Cc2ccccc2)S(=O)(=O)c2ccccc2)c1. The highest BCUT2D eigenvalue weighted by atomic mass is 32.2. The number of hydrogen-bond acceptors (Lipinski definition) is 6. The predicted octanol–water partition coefficient (Wildman–Crippen LogP) is 8.93. The first kappa shape index (κ1) is 40.0. The van der Waals surface area contributed by atoms with Crippen molar-refractivity contribution >= 4 is 48.7 Å². The number of amides is 1. The Morgan fingerprint density at radius 1 is 0.456 bits per heavy atom. The molecule has 57 heavy (non-hydrogen) atoms. The zero-order valence-electron chi connectivity index (χ0n) is 31.0. The summed E-state index contributed by atoms with van der Waals surface area (Å²) in [6, 6.07) is 59.0. The number of rotatable bonds is 13. The molecule has 0 heterocycles. The van der Waals surface area contributed by atoms with Gasteiger partial charge in [-0.1, -0.05) is 140 Å². The molecular formula is C46H42N4O5S2. The zero-order chi connectivity index (χ0) is 40.1. The molecule has 0 atom stereocenters. The molecule has 0 saturated carbocycles. The van der Waals surface area contributed by atoms with Crippen molar-refractivity contribution in [2.24, 2.45) is 0 Å². The van der Waals surface area contributed by atoms with Gasteiger partial charge in [-0.05, 0) is 77.4 Å². The van der Waals surface area contributed by atoms with Crippen LogP contribution in [-0.4, -0.2) is 22.7 Å². The number of nitrogens with zero attached hydrogens (tertiary/aromatic N) is 2. The standard InChI is InChI=1S/C27H24N2O3S.C19H18N2O2S/c30-27(19-22-11-4-1-5-12-22)28-24-15-10-16-25(20-24)29(21-23-13-6-2-7-14-23)33(31,32)26-17-8-3-9-18-26;20-17-10-7-11-18(14-17)21(15-16-8-3-1-4-9-16)24(22,23)19-12-5-2-6-13-19/h1-18,20H,19,21H2,(H,28,30);1-14H,15,20H2. The molecule has 0 unspecified atom stereocenters. The minimum atomic E-state index is -3.83. The first-order valence-electron chi connectivity index (χ1n) is 18.1. The first-order valence-corrected chi connectivity index (χ1v) is 21.0. The molecule has 0 aromatic heterocycles.